The lowest BCUT2D eigenvalue weighted by Crippen LogP contribution is -2.47. The first kappa shape index (κ1) is 30.7. The molecule has 11 heteroatoms. The molecular formula is C27H38N2O9. The summed E-state index contributed by atoms with van der Waals surface area (Å²) in [5.74, 6) is -4.86. The van der Waals surface area contributed by atoms with Gasteiger partial charge in [0, 0.05) is 6.20 Å². The summed E-state index contributed by atoms with van der Waals surface area (Å²) in [6.45, 7) is 13.3. The van der Waals surface area contributed by atoms with Crippen LogP contribution < -0.4 is 10.1 Å². The van der Waals surface area contributed by atoms with Crippen LogP contribution in [0.2, 0.25) is 0 Å². The Morgan fingerprint density at radius 3 is 2.42 bits per heavy atom. The van der Waals surface area contributed by atoms with Gasteiger partial charge in [0.05, 0.1) is 18.3 Å². The Morgan fingerprint density at radius 1 is 1.18 bits per heavy atom. The van der Waals surface area contributed by atoms with Crippen LogP contribution in [0.25, 0.3) is 0 Å². The third-order valence-electron chi connectivity index (χ3n) is 5.82. The first-order valence-corrected chi connectivity index (χ1v) is 12.7. The number of carbonyl (C=O) groups excluding carboxylic acids is 5. The van der Waals surface area contributed by atoms with E-state index in [1.807, 2.05) is 20.8 Å². The lowest BCUT2D eigenvalue weighted by Gasteiger charge is -2.29. The van der Waals surface area contributed by atoms with E-state index in [4.69, 9.17) is 18.9 Å². The average molecular weight is 535 g/mol. The SMILES string of the molecule is CC[C@H]1C(=O)OC[C@H](NC(=O)c2nccc(C)c2OC(=O)CC(C)(C)C)C(=O)O[C@@H](C)[C@@H]1OC(=O)C(C)C. The number of esters is 4. The fourth-order valence-electron chi connectivity index (χ4n) is 3.73. The van der Waals surface area contributed by atoms with Crippen LogP contribution in [0.15, 0.2) is 12.3 Å². The van der Waals surface area contributed by atoms with Crippen LogP contribution in [0, 0.1) is 24.2 Å². The Balaban J connectivity index is 2.28. The molecule has 2 heterocycles. The number of hydrogen-bond acceptors (Lipinski definition) is 10. The molecule has 2 rings (SSSR count). The van der Waals surface area contributed by atoms with Gasteiger partial charge in [-0.1, -0.05) is 41.5 Å². The number of rotatable bonds is 7. The van der Waals surface area contributed by atoms with Gasteiger partial charge >= 0.3 is 23.9 Å². The number of carbonyl (C=O) groups is 5. The number of pyridine rings is 1. The minimum atomic E-state index is -1.38. The number of hydrogen-bond donors (Lipinski definition) is 1. The van der Waals surface area contributed by atoms with E-state index in [1.165, 1.54) is 13.1 Å². The van der Waals surface area contributed by atoms with Crippen LogP contribution in [-0.4, -0.2) is 59.6 Å². The van der Waals surface area contributed by atoms with Gasteiger partial charge in [0.15, 0.2) is 23.6 Å². The second-order valence-corrected chi connectivity index (χ2v) is 10.9. The molecule has 38 heavy (non-hydrogen) atoms. The van der Waals surface area contributed by atoms with Gasteiger partial charge < -0.3 is 24.3 Å². The molecule has 1 aromatic rings. The smallest absolute Gasteiger partial charge is 0.332 e. The van der Waals surface area contributed by atoms with Crippen LogP contribution in [0.3, 0.4) is 0 Å². The molecule has 0 bridgehead atoms. The summed E-state index contributed by atoms with van der Waals surface area (Å²) in [6, 6.07) is 0.198. The highest BCUT2D eigenvalue weighted by atomic mass is 16.6. The van der Waals surface area contributed by atoms with E-state index in [2.05, 4.69) is 10.3 Å². The maximum absolute atomic E-state index is 13.2. The van der Waals surface area contributed by atoms with Crippen molar-refractivity contribution in [3.05, 3.63) is 23.5 Å². The minimum absolute atomic E-state index is 0.0345. The van der Waals surface area contributed by atoms with E-state index in [-0.39, 0.29) is 29.7 Å². The maximum Gasteiger partial charge on any atom is 0.332 e. The van der Waals surface area contributed by atoms with Gasteiger partial charge in [-0.25, -0.2) is 9.78 Å². The van der Waals surface area contributed by atoms with Crippen molar-refractivity contribution >= 4 is 29.8 Å². The fraction of sp³-hybridized carbons (Fsp3) is 0.630. The summed E-state index contributed by atoms with van der Waals surface area (Å²) in [5, 5.41) is 2.47. The van der Waals surface area contributed by atoms with E-state index in [9.17, 15) is 24.0 Å². The molecule has 11 nitrogen and oxygen atoms in total. The number of nitrogens with zero attached hydrogens (tertiary/aromatic N) is 1. The Morgan fingerprint density at radius 2 is 1.84 bits per heavy atom. The van der Waals surface area contributed by atoms with Gasteiger partial charge in [0.1, 0.15) is 12.7 Å². The highest BCUT2D eigenvalue weighted by molar-refractivity contribution is 5.98. The Bertz CT molecular complexity index is 1060. The summed E-state index contributed by atoms with van der Waals surface area (Å²) in [4.78, 5) is 67.7. The number of ether oxygens (including phenoxy) is 4. The van der Waals surface area contributed by atoms with E-state index in [1.54, 1.807) is 33.8 Å². The number of aromatic nitrogens is 1. The summed E-state index contributed by atoms with van der Waals surface area (Å²) >= 11 is 0. The number of cyclic esters (lactones) is 2. The quantitative estimate of drug-likeness (QED) is 0.409. The zero-order valence-corrected chi connectivity index (χ0v) is 23.3. The van der Waals surface area contributed by atoms with Crippen molar-refractivity contribution in [1.82, 2.24) is 10.3 Å². The third kappa shape index (κ3) is 8.26. The highest BCUT2D eigenvalue weighted by Crippen LogP contribution is 2.26. The Labute approximate surface area is 222 Å². The third-order valence-corrected chi connectivity index (χ3v) is 5.82. The fourth-order valence-corrected chi connectivity index (χ4v) is 3.73. The lowest BCUT2D eigenvalue weighted by atomic mass is 9.92. The molecule has 0 aromatic carbocycles. The summed E-state index contributed by atoms with van der Waals surface area (Å²) < 4.78 is 21.8. The summed E-state index contributed by atoms with van der Waals surface area (Å²) in [6.07, 6.45) is -0.315. The first-order chi connectivity index (χ1) is 17.6. The van der Waals surface area contributed by atoms with Crippen molar-refractivity contribution in [3.63, 3.8) is 0 Å². The van der Waals surface area contributed by atoms with Crippen LogP contribution in [0.1, 0.15) is 77.4 Å². The molecule has 0 unspecified atom stereocenters. The van der Waals surface area contributed by atoms with Crippen LogP contribution in [-0.2, 0) is 33.4 Å². The van der Waals surface area contributed by atoms with Crippen molar-refractivity contribution in [2.24, 2.45) is 17.3 Å². The van der Waals surface area contributed by atoms with E-state index < -0.39 is 66.5 Å². The maximum atomic E-state index is 13.2. The second kappa shape index (κ2) is 12.8. The van der Waals surface area contributed by atoms with Crippen LogP contribution >= 0.6 is 0 Å². The normalized spacial score (nSPS) is 22.3. The second-order valence-electron chi connectivity index (χ2n) is 10.9. The lowest BCUT2D eigenvalue weighted by molar-refractivity contribution is -0.176. The molecule has 0 radical (unpaired) electrons. The van der Waals surface area contributed by atoms with Gasteiger partial charge in [-0.15, -0.1) is 0 Å². The van der Waals surface area contributed by atoms with E-state index in [0.29, 0.717) is 5.56 Å². The predicted octanol–water partition coefficient (Wildman–Crippen LogP) is 2.91. The van der Waals surface area contributed by atoms with Crippen molar-refractivity contribution in [3.8, 4) is 5.75 Å². The Hall–Kier alpha value is -3.50. The molecule has 0 spiro atoms. The first-order valence-electron chi connectivity index (χ1n) is 12.7. The highest BCUT2D eigenvalue weighted by Gasteiger charge is 2.41. The van der Waals surface area contributed by atoms with Crippen molar-refractivity contribution in [2.45, 2.75) is 86.5 Å². The van der Waals surface area contributed by atoms with Crippen LogP contribution in [0.5, 0.6) is 5.75 Å². The Kier molecular flexibility index (Phi) is 10.4. The molecule has 0 saturated carbocycles. The number of amides is 1. The molecule has 1 amide bonds. The largest absolute Gasteiger partial charge is 0.463 e. The molecule has 1 saturated heterocycles. The average Bonchev–Trinajstić information content (AvgIpc) is 2.83. The molecule has 1 aliphatic heterocycles. The summed E-state index contributed by atoms with van der Waals surface area (Å²) in [5.41, 5.74) is -0.0609. The molecular weight excluding hydrogens is 496 g/mol. The molecule has 1 fully saturated rings. The standard InChI is InChI=1S/C27H38N2O9/c1-9-17-22(38-24(32)14(2)3)16(5)36-26(34)18(13-35-25(17)33)29-23(31)20-21(15(4)10-11-28-20)37-19(30)12-27(6,7)8/h10-11,14,16-18,22H,9,12-13H2,1-8H3,(H,29,31)/t16-,17+,18-,22-/m0/s1. The molecule has 1 aliphatic rings. The van der Waals surface area contributed by atoms with Crippen molar-refractivity contribution in [2.75, 3.05) is 6.61 Å². The number of aryl methyl sites for hydroxylation is 1. The van der Waals surface area contributed by atoms with Gasteiger partial charge in [0.25, 0.3) is 5.91 Å². The van der Waals surface area contributed by atoms with Gasteiger partial charge in [-0.3, -0.25) is 19.2 Å². The van der Waals surface area contributed by atoms with Crippen molar-refractivity contribution in [1.29, 1.82) is 0 Å². The van der Waals surface area contributed by atoms with Gasteiger partial charge in [0.2, 0.25) is 0 Å². The van der Waals surface area contributed by atoms with E-state index in [0.717, 1.165) is 0 Å². The molecule has 0 aliphatic carbocycles. The summed E-state index contributed by atoms with van der Waals surface area (Å²) in [7, 11) is 0. The monoisotopic (exact) mass is 534 g/mol. The molecule has 4 atom stereocenters. The minimum Gasteiger partial charge on any atom is -0.463 e. The van der Waals surface area contributed by atoms with Crippen LogP contribution in [0.4, 0.5) is 0 Å². The van der Waals surface area contributed by atoms with Gasteiger partial charge in [-0.05, 0) is 37.3 Å². The zero-order chi connectivity index (χ0) is 28.8. The number of nitrogens with one attached hydrogen (secondary N) is 1. The van der Waals surface area contributed by atoms with Gasteiger partial charge in [-0.2, -0.15) is 0 Å². The molecule has 210 valence electrons. The predicted molar refractivity (Wildman–Crippen MR) is 135 cm³/mol. The van der Waals surface area contributed by atoms with E-state index >= 15 is 0 Å². The molecule has 1 aromatic heterocycles. The zero-order valence-electron chi connectivity index (χ0n) is 23.3. The molecule has 1 N–H and O–H groups in total. The topological polar surface area (TPSA) is 147 Å². The van der Waals surface area contributed by atoms with Crippen molar-refractivity contribution < 1.29 is 42.9 Å².